The van der Waals surface area contributed by atoms with E-state index in [1.807, 2.05) is 36.4 Å². The van der Waals surface area contributed by atoms with Crippen LogP contribution in [-0.4, -0.2) is 60.9 Å². The molecule has 11 heteroatoms. The smallest absolute Gasteiger partial charge is 0.409 e. The van der Waals surface area contributed by atoms with Crippen LogP contribution in [0.25, 0.3) is 26.7 Å². The van der Waals surface area contributed by atoms with Gasteiger partial charge < -0.3 is 9.64 Å². The SMILES string of the molecule is CCOC(=O)N1CCC(CC(=O)c2cc(-c3ccc(-c4cccc(S(C)(=O)=O)c4)s3)n(-c3ccccc3Cl)n2)CC1. The van der Waals surface area contributed by atoms with E-state index >= 15 is 0 Å². The van der Waals surface area contributed by atoms with E-state index in [0.29, 0.717) is 48.2 Å². The average molecular weight is 612 g/mol. The predicted molar refractivity (Wildman–Crippen MR) is 161 cm³/mol. The van der Waals surface area contributed by atoms with Gasteiger partial charge in [0.05, 0.1) is 32.8 Å². The first-order chi connectivity index (χ1) is 19.6. The van der Waals surface area contributed by atoms with Crippen molar-refractivity contribution in [1.29, 1.82) is 0 Å². The molecule has 0 bridgehead atoms. The van der Waals surface area contributed by atoms with E-state index in [1.54, 1.807) is 46.8 Å². The number of amides is 1. The number of carbonyl (C=O) groups excluding carboxylic acids is 2. The molecule has 8 nitrogen and oxygen atoms in total. The number of Topliss-reactive ketones (excluding diaryl/α,β-unsaturated/α-hetero) is 1. The number of benzene rings is 2. The van der Waals surface area contributed by atoms with E-state index in [0.717, 1.165) is 28.2 Å². The van der Waals surface area contributed by atoms with Crippen molar-refractivity contribution in [3.05, 3.63) is 77.4 Å². The third kappa shape index (κ3) is 6.55. The molecule has 1 aliphatic heterocycles. The van der Waals surface area contributed by atoms with Gasteiger partial charge in [-0.05, 0) is 73.7 Å². The van der Waals surface area contributed by atoms with Gasteiger partial charge in [0.25, 0.3) is 0 Å². The molecule has 3 heterocycles. The van der Waals surface area contributed by atoms with Crippen LogP contribution in [0.5, 0.6) is 0 Å². The van der Waals surface area contributed by atoms with Crippen molar-refractivity contribution < 1.29 is 22.7 Å². The summed E-state index contributed by atoms with van der Waals surface area (Å²) in [6, 6.07) is 19.8. The number of hydrogen-bond acceptors (Lipinski definition) is 7. The number of halogens is 1. The molecule has 0 radical (unpaired) electrons. The first-order valence-electron chi connectivity index (χ1n) is 13.3. The molecule has 1 amide bonds. The third-order valence-electron chi connectivity index (χ3n) is 7.10. The predicted octanol–water partition coefficient (Wildman–Crippen LogP) is 6.77. The maximum Gasteiger partial charge on any atom is 0.409 e. The number of likely N-dealkylation sites (tertiary alicyclic amines) is 1. The van der Waals surface area contributed by atoms with E-state index < -0.39 is 9.84 Å². The van der Waals surface area contributed by atoms with Gasteiger partial charge in [-0.3, -0.25) is 4.79 Å². The van der Waals surface area contributed by atoms with E-state index in [4.69, 9.17) is 21.4 Å². The average Bonchev–Trinajstić information content (AvgIpc) is 3.62. The highest BCUT2D eigenvalue weighted by molar-refractivity contribution is 7.90. The highest BCUT2D eigenvalue weighted by atomic mass is 35.5. The number of ether oxygens (including phenoxy) is 1. The molecule has 2 aromatic carbocycles. The number of ketones is 1. The van der Waals surface area contributed by atoms with E-state index in [-0.39, 0.29) is 22.7 Å². The van der Waals surface area contributed by atoms with Gasteiger partial charge in [-0.15, -0.1) is 11.3 Å². The van der Waals surface area contributed by atoms with Crippen molar-refractivity contribution in [2.75, 3.05) is 26.0 Å². The molecule has 5 rings (SSSR count). The fraction of sp³-hybridized carbons (Fsp3) is 0.300. The lowest BCUT2D eigenvalue weighted by molar-refractivity contribution is 0.0843. The molecule has 0 saturated carbocycles. The second-order valence-electron chi connectivity index (χ2n) is 10.00. The summed E-state index contributed by atoms with van der Waals surface area (Å²) in [5.41, 5.74) is 2.51. The Kier molecular flexibility index (Phi) is 8.63. The molecule has 214 valence electrons. The largest absolute Gasteiger partial charge is 0.450 e. The maximum absolute atomic E-state index is 13.4. The molecule has 0 N–H and O–H groups in total. The number of carbonyl (C=O) groups is 2. The molecule has 1 aliphatic rings. The quantitative estimate of drug-likeness (QED) is 0.204. The van der Waals surface area contributed by atoms with E-state index in [2.05, 4.69) is 0 Å². The number of rotatable bonds is 8. The lowest BCUT2D eigenvalue weighted by atomic mass is 9.91. The van der Waals surface area contributed by atoms with Crippen LogP contribution in [0.2, 0.25) is 5.02 Å². The number of aromatic nitrogens is 2. The van der Waals surface area contributed by atoms with Gasteiger partial charge in [0.2, 0.25) is 0 Å². The van der Waals surface area contributed by atoms with Gasteiger partial charge in [0.15, 0.2) is 15.6 Å². The Morgan fingerprint density at radius 2 is 1.76 bits per heavy atom. The standard InChI is InChI=1S/C30H30ClN3O5S2/c1-3-39-30(36)33-15-13-20(14-16-33)17-27(35)24-19-26(34(32-24)25-10-5-4-9-23(25)31)29-12-11-28(40-29)21-7-6-8-22(18-21)41(2,37)38/h4-12,18-20H,3,13-17H2,1-2H3. The second kappa shape index (κ2) is 12.2. The Morgan fingerprint density at radius 3 is 2.46 bits per heavy atom. The number of hydrogen-bond donors (Lipinski definition) is 0. The molecule has 4 aromatic rings. The Labute approximate surface area is 248 Å². The fourth-order valence-corrected chi connectivity index (χ4v) is 6.80. The summed E-state index contributed by atoms with van der Waals surface area (Å²) in [4.78, 5) is 29.2. The van der Waals surface area contributed by atoms with Crippen LogP contribution < -0.4 is 0 Å². The molecule has 0 unspecified atom stereocenters. The summed E-state index contributed by atoms with van der Waals surface area (Å²) in [6.45, 7) is 3.25. The Hall–Kier alpha value is -3.47. The van der Waals surface area contributed by atoms with Crippen LogP contribution >= 0.6 is 22.9 Å². The normalized spacial score (nSPS) is 14.3. The van der Waals surface area contributed by atoms with Crippen LogP contribution in [0.3, 0.4) is 0 Å². The van der Waals surface area contributed by atoms with Crippen LogP contribution in [0.4, 0.5) is 4.79 Å². The summed E-state index contributed by atoms with van der Waals surface area (Å²) >= 11 is 8.03. The first-order valence-corrected chi connectivity index (χ1v) is 16.4. The van der Waals surface area contributed by atoms with Crippen molar-refractivity contribution in [1.82, 2.24) is 14.7 Å². The molecule has 0 spiro atoms. The third-order valence-corrected chi connectivity index (χ3v) is 9.68. The van der Waals surface area contributed by atoms with E-state index in [1.165, 1.54) is 17.6 Å². The molecule has 1 fully saturated rings. The van der Waals surface area contributed by atoms with Crippen LogP contribution in [0.15, 0.2) is 71.6 Å². The van der Waals surface area contributed by atoms with Crippen molar-refractivity contribution in [2.45, 2.75) is 31.1 Å². The number of sulfone groups is 1. The summed E-state index contributed by atoms with van der Waals surface area (Å²) in [5.74, 6) is 0.0850. The number of thiophene rings is 1. The zero-order valence-corrected chi connectivity index (χ0v) is 25.1. The van der Waals surface area contributed by atoms with Crippen molar-refractivity contribution in [3.63, 3.8) is 0 Å². The first kappa shape index (κ1) is 29.0. The number of nitrogens with zero attached hydrogens (tertiary/aromatic N) is 3. The molecule has 0 atom stereocenters. The van der Waals surface area contributed by atoms with Crippen molar-refractivity contribution >= 4 is 44.7 Å². The van der Waals surface area contributed by atoms with Gasteiger partial charge >= 0.3 is 6.09 Å². The minimum absolute atomic E-state index is 0.0655. The summed E-state index contributed by atoms with van der Waals surface area (Å²) in [6.07, 6.45) is 2.67. The van der Waals surface area contributed by atoms with Crippen molar-refractivity contribution in [2.24, 2.45) is 5.92 Å². The van der Waals surface area contributed by atoms with Gasteiger partial charge in [-0.1, -0.05) is 35.9 Å². The zero-order valence-electron chi connectivity index (χ0n) is 22.7. The topological polar surface area (TPSA) is 98.6 Å². The molecule has 0 aliphatic carbocycles. The Balaban J connectivity index is 1.42. The second-order valence-corrected chi connectivity index (χ2v) is 13.5. The van der Waals surface area contributed by atoms with Crippen LogP contribution in [0.1, 0.15) is 36.7 Å². The molecular formula is C30H30ClN3O5S2. The summed E-state index contributed by atoms with van der Waals surface area (Å²) in [7, 11) is -3.34. The van der Waals surface area contributed by atoms with Crippen molar-refractivity contribution in [3.8, 4) is 26.7 Å². The minimum Gasteiger partial charge on any atom is -0.450 e. The highest BCUT2D eigenvalue weighted by Crippen LogP contribution is 2.37. The molecule has 2 aromatic heterocycles. The molecular weight excluding hydrogens is 582 g/mol. The van der Waals surface area contributed by atoms with Gasteiger partial charge in [0.1, 0.15) is 5.69 Å². The summed E-state index contributed by atoms with van der Waals surface area (Å²) in [5, 5.41) is 5.20. The monoisotopic (exact) mass is 611 g/mol. The maximum atomic E-state index is 13.4. The Morgan fingerprint density at radius 1 is 1.02 bits per heavy atom. The lowest BCUT2D eigenvalue weighted by Crippen LogP contribution is -2.39. The minimum atomic E-state index is -3.34. The Bertz CT molecular complexity index is 1690. The van der Waals surface area contributed by atoms with Gasteiger partial charge in [-0.2, -0.15) is 5.10 Å². The highest BCUT2D eigenvalue weighted by Gasteiger charge is 2.27. The molecule has 41 heavy (non-hydrogen) atoms. The van der Waals surface area contributed by atoms with Gasteiger partial charge in [0, 0.05) is 30.6 Å². The number of piperidine rings is 1. The fourth-order valence-electron chi connectivity index (χ4n) is 4.91. The van der Waals surface area contributed by atoms with E-state index in [9.17, 15) is 18.0 Å². The summed E-state index contributed by atoms with van der Waals surface area (Å²) < 4.78 is 31.0. The molecule has 1 saturated heterocycles. The van der Waals surface area contributed by atoms with Crippen LogP contribution in [0, 0.1) is 5.92 Å². The van der Waals surface area contributed by atoms with Gasteiger partial charge in [-0.25, -0.2) is 17.9 Å². The lowest BCUT2D eigenvalue weighted by Gasteiger charge is -2.30. The zero-order chi connectivity index (χ0) is 29.1. The van der Waals surface area contributed by atoms with Crippen LogP contribution in [-0.2, 0) is 14.6 Å². The number of para-hydroxylation sites is 1.